The summed E-state index contributed by atoms with van der Waals surface area (Å²) < 4.78 is 0. The van der Waals surface area contributed by atoms with E-state index in [1.54, 1.807) is 36.8 Å². The SMILES string of the molecule is Cl.Nc1cnccc1NNC(=O)c1ccncc1. The van der Waals surface area contributed by atoms with Gasteiger partial charge >= 0.3 is 0 Å². The summed E-state index contributed by atoms with van der Waals surface area (Å²) in [6, 6.07) is 4.90. The molecule has 18 heavy (non-hydrogen) atoms. The zero-order valence-electron chi connectivity index (χ0n) is 9.33. The van der Waals surface area contributed by atoms with Gasteiger partial charge in [-0.3, -0.25) is 25.6 Å². The number of hydrogen-bond acceptors (Lipinski definition) is 5. The molecule has 0 saturated heterocycles. The number of carbonyl (C=O) groups excluding carboxylic acids is 1. The lowest BCUT2D eigenvalue weighted by Gasteiger charge is -2.09. The maximum atomic E-state index is 11.7. The van der Waals surface area contributed by atoms with Crippen molar-refractivity contribution in [2.45, 2.75) is 0 Å². The van der Waals surface area contributed by atoms with Gasteiger partial charge in [0.1, 0.15) is 0 Å². The molecule has 0 aliphatic rings. The highest BCUT2D eigenvalue weighted by molar-refractivity contribution is 5.94. The standard InChI is InChI=1S/C11H11N5O.ClH/c12-9-7-14-6-3-10(9)15-16-11(17)8-1-4-13-5-2-8;/h1-7H,12H2,(H,14,15)(H,16,17);1H. The number of hydrazine groups is 1. The molecule has 0 aliphatic carbocycles. The average molecular weight is 266 g/mol. The number of nitrogens with two attached hydrogens (primary N) is 1. The number of anilines is 2. The van der Waals surface area contributed by atoms with Gasteiger partial charge in [0.25, 0.3) is 5.91 Å². The van der Waals surface area contributed by atoms with E-state index in [1.165, 1.54) is 6.20 Å². The quantitative estimate of drug-likeness (QED) is 0.726. The molecular formula is C11H12ClN5O. The summed E-state index contributed by atoms with van der Waals surface area (Å²) in [6.07, 6.45) is 6.18. The fourth-order valence-corrected chi connectivity index (χ4v) is 1.22. The van der Waals surface area contributed by atoms with Gasteiger partial charge in [0, 0.05) is 24.2 Å². The number of halogens is 1. The number of aromatic nitrogens is 2. The lowest BCUT2D eigenvalue weighted by Crippen LogP contribution is -2.29. The van der Waals surface area contributed by atoms with Gasteiger partial charge in [0.15, 0.2) is 0 Å². The van der Waals surface area contributed by atoms with Crippen molar-refractivity contribution in [2.75, 3.05) is 11.2 Å². The minimum absolute atomic E-state index is 0. The number of amides is 1. The Morgan fingerprint density at radius 1 is 1.11 bits per heavy atom. The first-order valence-electron chi connectivity index (χ1n) is 4.93. The maximum Gasteiger partial charge on any atom is 0.269 e. The zero-order chi connectivity index (χ0) is 12.1. The minimum atomic E-state index is -0.261. The molecule has 0 aliphatic heterocycles. The van der Waals surface area contributed by atoms with Crippen LogP contribution < -0.4 is 16.6 Å². The molecule has 0 spiro atoms. The number of nitrogens with one attached hydrogen (secondary N) is 2. The van der Waals surface area contributed by atoms with Gasteiger partial charge in [-0.05, 0) is 18.2 Å². The van der Waals surface area contributed by atoms with Crippen LogP contribution in [0.15, 0.2) is 43.0 Å². The Hall–Kier alpha value is -2.34. The van der Waals surface area contributed by atoms with Crippen molar-refractivity contribution in [2.24, 2.45) is 0 Å². The fraction of sp³-hybridized carbons (Fsp3) is 0. The van der Waals surface area contributed by atoms with Crippen LogP contribution in [0.1, 0.15) is 10.4 Å². The highest BCUT2D eigenvalue weighted by Crippen LogP contribution is 2.13. The summed E-state index contributed by atoms with van der Waals surface area (Å²) in [5.74, 6) is -0.261. The third-order valence-corrected chi connectivity index (χ3v) is 2.11. The largest absolute Gasteiger partial charge is 0.396 e. The van der Waals surface area contributed by atoms with Gasteiger partial charge in [0.2, 0.25) is 0 Å². The van der Waals surface area contributed by atoms with Crippen molar-refractivity contribution in [3.63, 3.8) is 0 Å². The fourth-order valence-electron chi connectivity index (χ4n) is 1.22. The highest BCUT2D eigenvalue weighted by atomic mass is 35.5. The molecule has 6 nitrogen and oxygen atoms in total. The Kier molecular flexibility index (Phi) is 4.89. The summed E-state index contributed by atoms with van der Waals surface area (Å²) in [7, 11) is 0. The number of nitrogens with zero attached hydrogens (tertiary/aromatic N) is 2. The Labute approximate surface area is 110 Å². The molecule has 0 bridgehead atoms. The van der Waals surface area contributed by atoms with E-state index in [0.29, 0.717) is 16.9 Å². The number of rotatable bonds is 3. The van der Waals surface area contributed by atoms with Gasteiger partial charge in [0.05, 0.1) is 17.6 Å². The maximum absolute atomic E-state index is 11.7. The molecule has 2 rings (SSSR count). The normalized spacial score (nSPS) is 9.11. The molecule has 1 amide bonds. The van der Waals surface area contributed by atoms with Crippen molar-refractivity contribution >= 4 is 29.7 Å². The molecule has 2 heterocycles. The van der Waals surface area contributed by atoms with Gasteiger partial charge in [-0.25, -0.2) is 0 Å². The van der Waals surface area contributed by atoms with Crippen molar-refractivity contribution < 1.29 is 4.79 Å². The smallest absolute Gasteiger partial charge is 0.269 e. The summed E-state index contributed by atoms with van der Waals surface area (Å²) in [5.41, 5.74) is 12.5. The monoisotopic (exact) mass is 265 g/mol. The lowest BCUT2D eigenvalue weighted by molar-refractivity contribution is 0.0962. The molecule has 4 N–H and O–H groups in total. The molecule has 2 aromatic rings. The lowest BCUT2D eigenvalue weighted by atomic mass is 10.2. The van der Waals surface area contributed by atoms with Crippen molar-refractivity contribution in [3.8, 4) is 0 Å². The Bertz CT molecular complexity index is 520. The van der Waals surface area contributed by atoms with E-state index in [-0.39, 0.29) is 18.3 Å². The number of nitrogen functional groups attached to an aromatic ring is 1. The average Bonchev–Trinajstić information content (AvgIpc) is 2.38. The first-order chi connectivity index (χ1) is 8.27. The first kappa shape index (κ1) is 13.7. The summed E-state index contributed by atoms with van der Waals surface area (Å²) in [6.45, 7) is 0. The third kappa shape index (κ3) is 3.33. The predicted octanol–water partition coefficient (Wildman–Crippen LogP) is 1.24. The number of pyridine rings is 2. The van der Waals surface area contributed by atoms with Gasteiger partial charge in [-0.15, -0.1) is 12.4 Å². The topological polar surface area (TPSA) is 92.9 Å². The molecule has 2 aromatic heterocycles. The summed E-state index contributed by atoms with van der Waals surface area (Å²) >= 11 is 0. The van der Waals surface area contributed by atoms with Crippen LogP contribution in [-0.2, 0) is 0 Å². The van der Waals surface area contributed by atoms with Gasteiger partial charge < -0.3 is 5.73 Å². The van der Waals surface area contributed by atoms with Crippen LogP contribution in [0.3, 0.4) is 0 Å². The van der Waals surface area contributed by atoms with Gasteiger partial charge in [-0.1, -0.05) is 0 Å². The minimum Gasteiger partial charge on any atom is -0.396 e. The van der Waals surface area contributed by atoms with E-state index < -0.39 is 0 Å². The van der Waals surface area contributed by atoms with E-state index >= 15 is 0 Å². The molecule has 94 valence electrons. The molecule has 0 saturated carbocycles. The van der Waals surface area contributed by atoms with Crippen LogP contribution in [0.4, 0.5) is 11.4 Å². The Morgan fingerprint density at radius 2 is 1.78 bits per heavy atom. The Morgan fingerprint density at radius 3 is 2.44 bits per heavy atom. The highest BCUT2D eigenvalue weighted by Gasteiger charge is 2.04. The van der Waals surface area contributed by atoms with Crippen LogP contribution in [0, 0.1) is 0 Å². The van der Waals surface area contributed by atoms with E-state index in [0.717, 1.165) is 0 Å². The van der Waals surface area contributed by atoms with Crippen LogP contribution in [0.2, 0.25) is 0 Å². The second-order valence-corrected chi connectivity index (χ2v) is 3.28. The van der Waals surface area contributed by atoms with E-state index in [4.69, 9.17) is 5.73 Å². The molecule has 0 radical (unpaired) electrons. The van der Waals surface area contributed by atoms with E-state index in [2.05, 4.69) is 20.8 Å². The van der Waals surface area contributed by atoms with Crippen LogP contribution in [0.5, 0.6) is 0 Å². The van der Waals surface area contributed by atoms with Crippen molar-refractivity contribution in [1.29, 1.82) is 0 Å². The molecular weight excluding hydrogens is 254 g/mol. The number of hydrogen-bond donors (Lipinski definition) is 3. The van der Waals surface area contributed by atoms with Crippen molar-refractivity contribution in [3.05, 3.63) is 48.5 Å². The molecule has 7 heteroatoms. The first-order valence-corrected chi connectivity index (χ1v) is 4.93. The second-order valence-electron chi connectivity index (χ2n) is 3.28. The van der Waals surface area contributed by atoms with E-state index in [1.807, 2.05) is 0 Å². The van der Waals surface area contributed by atoms with Gasteiger partial charge in [-0.2, -0.15) is 0 Å². The second kappa shape index (κ2) is 6.41. The summed E-state index contributed by atoms with van der Waals surface area (Å²) in [5, 5.41) is 0. The predicted molar refractivity (Wildman–Crippen MR) is 71.2 cm³/mol. The molecule has 0 fully saturated rings. The molecule has 0 unspecified atom stereocenters. The molecule has 0 aromatic carbocycles. The van der Waals surface area contributed by atoms with Crippen LogP contribution >= 0.6 is 12.4 Å². The van der Waals surface area contributed by atoms with Crippen LogP contribution in [-0.4, -0.2) is 15.9 Å². The Balaban J connectivity index is 0.00000162. The molecule has 0 atom stereocenters. The zero-order valence-corrected chi connectivity index (χ0v) is 10.1. The number of carbonyl (C=O) groups is 1. The van der Waals surface area contributed by atoms with Crippen molar-refractivity contribution in [1.82, 2.24) is 15.4 Å². The van der Waals surface area contributed by atoms with Crippen LogP contribution in [0.25, 0.3) is 0 Å². The summed E-state index contributed by atoms with van der Waals surface area (Å²) in [4.78, 5) is 19.3. The third-order valence-electron chi connectivity index (χ3n) is 2.11. The van der Waals surface area contributed by atoms with E-state index in [9.17, 15) is 4.79 Å².